The van der Waals surface area contributed by atoms with Gasteiger partial charge in [0.15, 0.2) is 0 Å². The molecule has 3 heteroatoms. The highest BCUT2D eigenvalue weighted by molar-refractivity contribution is 5.74. The molecule has 1 saturated carbocycles. The fraction of sp³-hybridized carbons (Fsp3) is 0.667. The maximum absolute atomic E-state index is 10.7. The van der Waals surface area contributed by atoms with Gasteiger partial charge in [0.05, 0.1) is 0 Å². The van der Waals surface area contributed by atoms with Crippen LogP contribution in [0.3, 0.4) is 0 Å². The maximum atomic E-state index is 10.7. The van der Waals surface area contributed by atoms with Gasteiger partial charge in [0.1, 0.15) is 6.04 Å². The van der Waals surface area contributed by atoms with Crippen LogP contribution in [0.25, 0.3) is 0 Å². The molecule has 1 atom stereocenters. The Labute approximate surface area is 72.5 Å². The van der Waals surface area contributed by atoms with Crippen molar-refractivity contribution in [1.82, 2.24) is 5.32 Å². The van der Waals surface area contributed by atoms with Gasteiger partial charge in [-0.05, 0) is 25.7 Å². The van der Waals surface area contributed by atoms with Crippen LogP contribution in [-0.2, 0) is 4.79 Å². The van der Waals surface area contributed by atoms with Crippen LogP contribution in [0.2, 0.25) is 0 Å². The van der Waals surface area contributed by atoms with Crippen LogP contribution in [0.4, 0.5) is 0 Å². The largest absolute Gasteiger partial charge is 0.480 e. The molecule has 1 rings (SSSR count). The summed E-state index contributed by atoms with van der Waals surface area (Å²) in [5, 5.41) is 11.8. The molecule has 12 heavy (non-hydrogen) atoms. The van der Waals surface area contributed by atoms with Gasteiger partial charge in [-0.2, -0.15) is 0 Å². The van der Waals surface area contributed by atoms with E-state index >= 15 is 0 Å². The summed E-state index contributed by atoms with van der Waals surface area (Å²) in [6, 6.07) is -0.360. The molecule has 0 radical (unpaired) electrons. The van der Waals surface area contributed by atoms with E-state index in [0.29, 0.717) is 12.5 Å². The normalized spacial score (nSPS) is 18.8. The molecule has 2 N–H and O–H groups in total. The van der Waals surface area contributed by atoms with Crippen molar-refractivity contribution in [1.29, 1.82) is 0 Å². The Kier molecular flexibility index (Phi) is 2.87. The molecule has 0 aromatic heterocycles. The van der Waals surface area contributed by atoms with Crippen LogP contribution >= 0.6 is 0 Å². The molecule has 0 aromatic carbocycles. The van der Waals surface area contributed by atoms with Gasteiger partial charge >= 0.3 is 5.97 Å². The minimum atomic E-state index is -0.737. The maximum Gasteiger partial charge on any atom is 0.320 e. The van der Waals surface area contributed by atoms with E-state index in [1.807, 2.05) is 6.92 Å². The fourth-order valence-corrected chi connectivity index (χ4v) is 1.17. The molecule has 0 saturated heterocycles. The molecule has 0 aliphatic heterocycles. The third-order valence-corrected chi connectivity index (χ3v) is 1.98. The Morgan fingerprint density at radius 3 is 2.67 bits per heavy atom. The molecule has 1 aliphatic rings. The predicted molar refractivity (Wildman–Crippen MR) is 47.0 cm³/mol. The summed E-state index contributed by atoms with van der Waals surface area (Å²) < 4.78 is 0. The van der Waals surface area contributed by atoms with Crippen LogP contribution in [0.15, 0.2) is 12.2 Å². The lowest BCUT2D eigenvalue weighted by Gasteiger charge is -2.12. The lowest BCUT2D eigenvalue weighted by atomic mass is 10.2. The smallest absolute Gasteiger partial charge is 0.320 e. The molecule has 0 heterocycles. The topological polar surface area (TPSA) is 49.3 Å². The Morgan fingerprint density at radius 2 is 2.33 bits per heavy atom. The molecule has 3 nitrogen and oxygen atoms in total. The van der Waals surface area contributed by atoms with Gasteiger partial charge in [-0.15, -0.1) is 0 Å². The number of carbonyl (C=O) groups is 1. The molecular formula is C9H15NO2. The number of nitrogens with one attached hydrogen (secondary N) is 1. The third-order valence-electron chi connectivity index (χ3n) is 1.98. The van der Waals surface area contributed by atoms with Gasteiger partial charge < -0.3 is 10.4 Å². The first-order chi connectivity index (χ1) is 5.61. The second kappa shape index (κ2) is 3.72. The first-order valence-electron chi connectivity index (χ1n) is 4.22. The van der Waals surface area contributed by atoms with E-state index in [4.69, 9.17) is 5.11 Å². The molecule has 0 aromatic rings. The Balaban J connectivity index is 2.33. The van der Waals surface area contributed by atoms with Crippen molar-refractivity contribution in [2.45, 2.75) is 25.8 Å². The van der Waals surface area contributed by atoms with Crippen molar-refractivity contribution >= 4 is 5.97 Å². The molecule has 0 bridgehead atoms. The summed E-state index contributed by atoms with van der Waals surface area (Å²) in [5.41, 5.74) is 0.974. The zero-order valence-corrected chi connectivity index (χ0v) is 7.34. The standard InChI is InChI=1S/C9H15NO2/c1-6(2)5-10-8(9(11)12)7-3-4-7/h7-8,10H,1,3-5H2,2H3,(H,11,12). The van der Waals surface area contributed by atoms with E-state index in [9.17, 15) is 4.79 Å². The van der Waals surface area contributed by atoms with E-state index < -0.39 is 5.97 Å². The van der Waals surface area contributed by atoms with Crippen molar-refractivity contribution < 1.29 is 9.90 Å². The zero-order chi connectivity index (χ0) is 9.14. The van der Waals surface area contributed by atoms with Gasteiger partial charge in [-0.25, -0.2) is 0 Å². The quantitative estimate of drug-likeness (QED) is 0.604. The molecule has 1 fully saturated rings. The van der Waals surface area contributed by atoms with Crippen molar-refractivity contribution in [3.8, 4) is 0 Å². The average molecular weight is 169 g/mol. The second-order valence-corrected chi connectivity index (χ2v) is 3.49. The summed E-state index contributed by atoms with van der Waals surface area (Å²) in [7, 11) is 0. The van der Waals surface area contributed by atoms with Gasteiger partial charge in [0.2, 0.25) is 0 Å². The highest BCUT2D eigenvalue weighted by Crippen LogP contribution is 2.32. The fourth-order valence-electron chi connectivity index (χ4n) is 1.17. The number of rotatable bonds is 5. The predicted octanol–water partition coefficient (Wildman–Crippen LogP) is 1.02. The zero-order valence-electron chi connectivity index (χ0n) is 7.34. The van der Waals surface area contributed by atoms with Crippen LogP contribution in [0.1, 0.15) is 19.8 Å². The van der Waals surface area contributed by atoms with E-state index in [0.717, 1.165) is 18.4 Å². The highest BCUT2D eigenvalue weighted by Gasteiger charge is 2.35. The number of hydrogen-bond donors (Lipinski definition) is 2. The summed E-state index contributed by atoms with van der Waals surface area (Å²) in [6.45, 7) is 6.20. The van der Waals surface area contributed by atoms with Crippen LogP contribution in [0.5, 0.6) is 0 Å². The van der Waals surface area contributed by atoms with Crippen molar-refractivity contribution in [2.75, 3.05) is 6.54 Å². The molecular weight excluding hydrogens is 154 g/mol. The number of aliphatic carboxylic acids is 1. The third kappa shape index (κ3) is 2.66. The Morgan fingerprint density at radius 1 is 1.75 bits per heavy atom. The molecule has 68 valence electrons. The van der Waals surface area contributed by atoms with Crippen molar-refractivity contribution in [2.24, 2.45) is 5.92 Å². The molecule has 0 spiro atoms. The van der Waals surface area contributed by atoms with Crippen molar-refractivity contribution in [3.63, 3.8) is 0 Å². The first-order valence-corrected chi connectivity index (χ1v) is 4.22. The monoisotopic (exact) mass is 169 g/mol. The molecule has 1 aliphatic carbocycles. The van der Waals surface area contributed by atoms with Gasteiger partial charge in [0.25, 0.3) is 0 Å². The minimum absolute atomic E-state index is 0.349. The van der Waals surface area contributed by atoms with Crippen molar-refractivity contribution in [3.05, 3.63) is 12.2 Å². The summed E-state index contributed by atoms with van der Waals surface area (Å²) in [6.07, 6.45) is 2.08. The van der Waals surface area contributed by atoms with Gasteiger partial charge in [-0.3, -0.25) is 4.79 Å². The van der Waals surface area contributed by atoms with E-state index in [-0.39, 0.29) is 6.04 Å². The van der Waals surface area contributed by atoms with Crippen LogP contribution in [0, 0.1) is 5.92 Å². The first kappa shape index (κ1) is 9.26. The Hall–Kier alpha value is -0.830. The summed E-state index contributed by atoms with van der Waals surface area (Å²) >= 11 is 0. The summed E-state index contributed by atoms with van der Waals surface area (Å²) in [4.78, 5) is 10.7. The van der Waals surface area contributed by atoms with Gasteiger partial charge in [-0.1, -0.05) is 12.2 Å². The van der Waals surface area contributed by atoms with E-state index in [2.05, 4.69) is 11.9 Å². The highest BCUT2D eigenvalue weighted by atomic mass is 16.4. The van der Waals surface area contributed by atoms with Gasteiger partial charge in [0, 0.05) is 6.54 Å². The van der Waals surface area contributed by atoms with Crippen LogP contribution in [-0.4, -0.2) is 23.7 Å². The number of carboxylic acids is 1. The second-order valence-electron chi connectivity index (χ2n) is 3.49. The lowest BCUT2D eigenvalue weighted by molar-refractivity contribution is -0.140. The summed E-state index contributed by atoms with van der Waals surface area (Å²) in [5.74, 6) is -0.388. The number of carboxylic acid groups (broad SMARTS) is 1. The average Bonchev–Trinajstić information content (AvgIpc) is 2.69. The lowest BCUT2D eigenvalue weighted by Crippen LogP contribution is -2.39. The van der Waals surface area contributed by atoms with Crippen LogP contribution < -0.4 is 5.32 Å². The van der Waals surface area contributed by atoms with E-state index in [1.54, 1.807) is 0 Å². The SMILES string of the molecule is C=C(C)CNC(C(=O)O)C1CC1. The molecule has 1 unspecified atom stereocenters. The van der Waals surface area contributed by atoms with E-state index in [1.165, 1.54) is 0 Å². The Bertz CT molecular complexity index is 197. The number of hydrogen-bond acceptors (Lipinski definition) is 2. The minimum Gasteiger partial charge on any atom is -0.480 e. The molecule has 0 amide bonds.